The maximum atomic E-state index is 13.1. The quantitative estimate of drug-likeness (QED) is 0.752. The monoisotopic (exact) mass is 323 g/mol. The van der Waals surface area contributed by atoms with Gasteiger partial charge in [-0.3, -0.25) is 19.3 Å². The topological polar surface area (TPSA) is 87.7 Å². The average Bonchev–Trinajstić information content (AvgIpc) is 2.50. The second-order valence-corrected chi connectivity index (χ2v) is 5.12. The van der Waals surface area contributed by atoms with Crippen molar-refractivity contribution < 1.29 is 23.5 Å². The number of carbonyl (C=O) groups is 3. The van der Waals surface area contributed by atoms with Crippen LogP contribution in [0.3, 0.4) is 0 Å². The summed E-state index contributed by atoms with van der Waals surface area (Å²) in [6.07, 6.45) is -0.129. The van der Waals surface area contributed by atoms with Gasteiger partial charge >= 0.3 is 5.97 Å². The van der Waals surface area contributed by atoms with Gasteiger partial charge in [-0.1, -0.05) is 6.07 Å². The minimum atomic E-state index is -0.755. The standard InChI is InChI=1S/C15H18FN3O4/c1-23-14(21)8-12-15(22)17-5-6-19(12)9-13(20)18-11-4-2-3-10(16)7-11/h2-4,7,12H,5-6,8-9H2,1H3,(H,17,22)(H,18,20)/t12-/m1/s1. The molecule has 0 unspecified atom stereocenters. The molecule has 1 aliphatic heterocycles. The lowest BCUT2D eigenvalue weighted by molar-refractivity contribution is -0.146. The molecule has 124 valence electrons. The first kappa shape index (κ1) is 16.9. The van der Waals surface area contributed by atoms with Gasteiger partial charge < -0.3 is 15.4 Å². The van der Waals surface area contributed by atoms with Crippen LogP contribution in [0.5, 0.6) is 0 Å². The number of halogens is 1. The number of anilines is 1. The summed E-state index contributed by atoms with van der Waals surface area (Å²) in [5.74, 6) is -1.69. The van der Waals surface area contributed by atoms with Gasteiger partial charge in [-0.15, -0.1) is 0 Å². The van der Waals surface area contributed by atoms with Crippen LogP contribution >= 0.6 is 0 Å². The predicted molar refractivity (Wildman–Crippen MR) is 80.0 cm³/mol. The van der Waals surface area contributed by atoms with Gasteiger partial charge in [-0.25, -0.2) is 4.39 Å². The third kappa shape index (κ3) is 4.75. The van der Waals surface area contributed by atoms with E-state index in [2.05, 4.69) is 15.4 Å². The van der Waals surface area contributed by atoms with Gasteiger partial charge in [-0.05, 0) is 18.2 Å². The summed E-state index contributed by atoms with van der Waals surface area (Å²) in [4.78, 5) is 37.0. The molecule has 1 aliphatic rings. The molecule has 0 spiro atoms. The van der Waals surface area contributed by atoms with E-state index in [4.69, 9.17) is 0 Å². The number of rotatable bonds is 5. The average molecular weight is 323 g/mol. The summed E-state index contributed by atoms with van der Waals surface area (Å²) < 4.78 is 17.7. The van der Waals surface area contributed by atoms with E-state index in [9.17, 15) is 18.8 Å². The molecule has 8 heteroatoms. The Labute approximate surface area is 132 Å². The van der Waals surface area contributed by atoms with E-state index in [-0.39, 0.29) is 24.8 Å². The minimum absolute atomic E-state index is 0.0778. The Morgan fingerprint density at radius 3 is 2.96 bits per heavy atom. The zero-order valence-electron chi connectivity index (χ0n) is 12.7. The van der Waals surface area contributed by atoms with E-state index < -0.39 is 17.8 Å². The van der Waals surface area contributed by atoms with Crippen molar-refractivity contribution in [1.82, 2.24) is 10.2 Å². The van der Waals surface area contributed by atoms with Crippen molar-refractivity contribution in [3.05, 3.63) is 30.1 Å². The first-order chi connectivity index (χ1) is 11.0. The lowest BCUT2D eigenvalue weighted by Crippen LogP contribution is -2.57. The maximum absolute atomic E-state index is 13.1. The van der Waals surface area contributed by atoms with Crippen molar-refractivity contribution in [2.75, 3.05) is 32.1 Å². The highest BCUT2D eigenvalue weighted by molar-refractivity contribution is 5.93. The number of benzene rings is 1. The van der Waals surface area contributed by atoms with Crippen molar-refractivity contribution in [3.63, 3.8) is 0 Å². The minimum Gasteiger partial charge on any atom is -0.469 e. The van der Waals surface area contributed by atoms with Gasteiger partial charge in [0.1, 0.15) is 11.9 Å². The number of esters is 1. The Morgan fingerprint density at radius 1 is 1.48 bits per heavy atom. The van der Waals surface area contributed by atoms with Crippen LogP contribution < -0.4 is 10.6 Å². The molecule has 0 aromatic heterocycles. The number of nitrogens with zero attached hydrogens (tertiary/aromatic N) is 1. The summed E-state index contributed by atoms with van der Waals surface area (Å²) in [5.41, 5.74) is 0.334. The number of methoxy groups -OCH3 is 1. The molecule has 1 heterocycles. The highest BCUT2D eigenvalue weighted by atomic mass is 19.1. The van der Waals surface area contributed by atoms with Gasteiger partial charge in [-0.2, -0.15) is 0 Å². The number of piperazine rings is 1. The largest absolute Gasteiger partial charge is 0.469 e. The number of ether oxygens (including phenoxy) is 1. The van der Waals surface area contributed by atoms with Crippen LogP contribution in [-0.2, 0) is 19.1 Å². The van der Waals surface area contributed by atoms with Crippen LogP contribution in [0.15, 0.2) is 24.3 Å². The molecule has 0 saturated carbocycles. The van der Waals surface area contributed by atoms with Gasteiger partial charge in [0.25, 0.3) is 0 Å². The van der Waals surface area contributed by atoms with Crippen LogP contribution in [0.2, 0.25) is 0 Å². The van der Waals surface area contributed by atoms with Crippen LogP contribution in [0, 0.1) is 5.82 Å². The number of carbonyl (C=O) groups excluding carboxylic acids is 3. The highest BCUT2D eigenvalue weighted by Gasteiger charge is 2.33. The third-order valence-electron chi connectivity index (χ3n) is 3.48. The zero-order chi connectivity index (χ0) is 16.8. The van der Waals surface area contributed by atoms with Crippen molar-refractivity contribution in [3.8, 4) is 0 Å². The third-order valence-corrected chi connectivity index (χ3v) is 3.48. The molecule has 2 amide bonds. The SMILES string of the molecule is COC(=O)C[C@@H]1C(=O)NCCN1CC(=O)Nc1cccc(F)c1. The van der Waals surface area contributed by atoms with Crippen molar-refractivity contribution >= 4 is 23.5 Å². The number of amides is 2. The summed E-state index contributed by atoms with van der Waals surface area (Å²) in [6, 6.07) is 4.77. The normalized spacial score (nSPS) is 18.2. The van der Waals surface area contributed by atoms with E-state index >= 15 is 0 Å². The molecule has 1 saturated heterocycles. The Kier molecular flexibility index (Phi) is 5.64. The molecular weight excluding hydrogens is 305 g/mol. The fraction of sp³-hybridized carbons (Fsp3) is 0.400. The number of hydrogen-bond acceptors (Lipinski definition) is 5. The van der Waals surface area contributed by atoms with Gasteiger partial charge in [0.05, 0.1) is 20.1 Å². The lowest BCUT2D eigenvalue weighted by Gasteiger charge is -2.33. The van der Waals surface area contributed by atoms with Crippen molar-refractivity contribution in [1.29, 1.82) is 0 Å². The van der Waals surface area contributed by atoms with Crippen LogP contribution in [-0.4, -0.2) is 55.5 Å². The number of hydrogen-bond donors (Lipinski definition) is 2. The van der Waals surface area contributed by atoms with E-state index in [1.54, 1.807) is 11.0 Å². The second-order valence-electron chi connectivity index (χ2n) is 5.12. The van der Waals surface area contributed by atoms with Gasteiger partial charge in [0.15, 0.2) is 0 Å². The van der Waals surface area contributed by atoms with Crippen molar-refractivity contribution in [2.24, 2.45) is 0 Å². The fourth-order valence-electron chi connectivity index (χ4n) is 2.37. The van der Waals surface area contributed by atoms with Gasteiger partial charge in [0.2, 0.25) is 11.8 Å². The van der Waals surface area contributed by atoms with E-state index in [1.165, 1.54) is 25.3 Å². The first-order valence-electron chi connectivity index (χ1n) is 7.13. The maximum Gasteiger partial charge on any atom is 0.307 e. The molecule has 7 nitrogen and oxygen atoms in total. The number of nitrogens with one attached hydrogen (secondary N) is 2. The molecule has 1 aromatic carbocycles. The molecule has 2 N–H and O–H groups in total. The predicted octanol–water partition coefficient (Wildman–Crippen LogP) is 0.128. The molecule has 2 rings (SSSR count). The van der Waals surface area contributed by atoms with Crippen LogP contribution in [0.25, 0.3) is 0 Å². The van der Waals surface area contributed by atoms with E-state index in [0.717, 1.165) is 0 Å². The zero-order valence-corrected chi connectivity index (χ0v) is 12.7. The summed E-state index contributed by atoms with van der Waals surface area (Å²) in [5, 5.41) is 5.22. The summed E-state index contributed by atoms with van der Waals surface area (Å²) in [7, 11) is 1.24. The molecular formula is C15H18FN3O4. The molecule has 0 aliphatic carbocycles. The molecule has 0 bridgehead atoms. The molecule has 1 fully saturated rings. The summed E-state index contributed by atoms with van der Waals surface area (Å²) in [6.45, 7) is 0.749. The molecule has 1 aromatic rings. The highest BCUT2D eigenvalue weighted by Crippen LogP contribution is 2.12. The molecule has 23 heavy (non-hydrogen) atoms. The molecule has 0 radical (unpaired) electrons. The van der Waals surface area contributed by atoms with E-state index in [1.807, 2.05) is 0 Å². The van der Waals surface area contributed by atoms with Crippen LogP contribution in [0.1, 0.15) is 6.42 Å². The fourth-order valence-corrected chi connectivity index (χ4v) is 2.37. The van der Waals surface area contributed by atoms with Gasteiger partial charge in [0, 0.05) is 18.8 Å². The smallest absolute Gasteiger partial charge is 0.307 e. The Morgan fingerprint density at radius 2 is 2.26 bits per heavy atom. The van der Waals surface area contributed by atoms with Crippen molar-refractivity contribution in [2.45, 2.75) is 12.5 Å². The Balaban J connectivity index is 1.99. The second kappa shape index (κ2) is 7.68. The molecule has 1 atom stereocenters. The lowest BCUT2D eigenvalue weighted by atomic mass is 10.1. The first-order valence-corrected chi connectivity index (χ1v) is 7.13. The van der Waals surface area contributed by atoms with Crippen LogP contribution in [0.4, 0.5) is 10.1 Å². The Bertz CT molecular complexity index is 608. The van der Waals surface area contributed by atoms with E-state index in [0.29, 0.717) is 18.8 Å². The Hall–Kier alpha value is -2.48. The summed E-state index contributed by atoms with van der Waals surface area (Å²) >= 11 is 0.